The van der Waals surface area contributed by atoms with E-state index in [-0.39, 0.29) is 5.02 Å². The van der Waals surface area contributed by atoms with Crippen LogP contribution >= 0.6 is 11.6 Å². The summed E-state index contributed by atoms with van der Waals surface area (Å²) in [4.78, 5) is 0. The van der Waals surface area contributed by atoms with Crippen LogP contribution in [0.5, 0.6) is 0 Å². The van der Waals surface area contributed by atoms with Crippen molar-refractivity contribution in [1.82, 2.24) is 0 Å². The van der Waals surface area contributed by atoms with Crippen LogP contribution < -0.4 is 0 Å². The zero-order valence-corrected chi connectivity index (χ0v) is 10.6. The fourth-order valence-corrected chi connectivity index (χ4v) is 2.78. The number of aliphatic hydroxyl groups is 1. The van der Waals surface area contributed by atoms with Crippen LogP contribution in [0, 0.1) is 11.7 Å². The Morgan fingerprint density at radius 3 is 2.41 bits per heavy atom. The first-order valence-electron chi connectivity index (χ1n) is 6.31. The van der Waals surface area contributed by atoms with Gasteiger partial charge in [-0.25, -0.2) is 4.39 Å². The summed E-state index contributed by atoms with van der Waals surface area (Å²) in [5.74, 6) is -0.137. The fourth-order valence-electron chi connectivity index (χ4n) is 2.60. The van der Waals surface area contributed by atoms with Crippen molar-refractivity contribution in [3.05, 3.63) is 34.6 Å². The highest BCUT2D eigenvalue weighted by molar-refractivity contribution is 6.30. The second-order valence-corrected chi connectivity index (χ2v) is 5.28. The van der Waals surface area contributed by atoms with Gasteiger partial charge >= 0.3 is 0 Å². The predicted octanol–water partition coefficient (Wildman–Crippen LogP) is 4.48. The Kier molecular flexibility index (Phi) is 4.41. The predicted molar refractivity (Wildman–Crippen MR) is 67.6 cm³/mol. The first kappa shape index (κ1) is 12.8. The molecular weight excluding hydrogens is 239 g/mol. The highest BCUT2D eigenvalue weighted by Crippen LogP contribution is 2.34. The minimum absolute atomic E-state index is 0.0928. The molecule has 0 bridgehead atoms. The second kappa shape index (κ2) is 5.83. The molecule has 94 valence electrons. The molecule has 0 saturated heterocycles. The van der Waals surface area contributed by atoms with Gasteiger partial charge in [-0.05, 0) is 36.5 Å². The number of halogens is 2. The van der Waals surface area contributed by atoms with Crippen molar-refractivity contribution in [1.29, 1.82) is 0 Å². The van der Waals surface area contributed by atoms with Crippen LogP contribution in [0.2, 0.25) is 5.02 Å². The van der Waals surface area contributed by atoms with E-state index in [2.05, 4.69) is 0 Å². The van der Waals surface area contributed by atoms with Crippen LogP contribution in [0.1, 0.15) is 50.2 Å². The molecule has 3 heteroatoms. The molecule has 1 aliphatic carbocycles. The summed E-state index contributed by atoms with van der Waals surface area (Å²) in [7, 11) is 0. The Morgan fingerprint density at radius 2 is 1.82 bits per heavy atom. The van der Waals surface area contributed by atoms with Crippen LogP contribution in [0.25, 0.3) is 0 Å². The topological polar surface area (TPSA) is 20.2 Å². The van der Waals surface area contributed by atoms with Gasteiger partial charge in [-0.2, -0.15) is 0 Å². The molecule has 1 atom stereocenters. The Morgan fingerprint density at radius 1 is 1.18 bits per heavy atom. The van der Waals surface area contributed by atoms with Crippen molar-refractivity contribution in [2.45, 2.75) is 44.6 Å². The number of benzene rings is 1. The summed E-state index contributed by atoms with van der Waals surface area (Å²) in [6, 6.07) is 4.51. The molecule has 0 aliphatic heterocycles. The van der Waals surface area contributed by atoms with Crippen molar-refractivity contribution >= 4 is 11.6 Å². The molecule has 0 heterocycles. The minimum atomic E-state index is -0.508. The average molecular weight is 257 g/mol. The third-order valence-corrected chi connectivity index (χ3v) is 3.92. The van der Waals surface area contributed by atoms with Crippen molar-refractivity contribution < 1.29 is 9.50 Å². The van der Waals surface area contributed by atoms with E-state index in [1.165, 1.54) is 31.7 Å². The molecule has 1 aliphatic rings. The van der Waals surface area contributed by atoms with Gasteiger partial charge in [0.1, 0.15) is 5.82 Å². The molecule has 1 N–H and O–H groups in total. The van der Waals surface area contributed by atoms with Gasteiger partial charge in [-0.15, -0.1) is 0 Å². The lowest BCUT2D eigenvalue weighted by molar-refractivity contribution is 0.0987. The number of rotatable bonds is 2. The Bertz CT molecular complexity index is 372. The molecule has 0 spiro atoms. The molecule has 0 unspecified atom stereocenters. The molecule has 0 amide bonds. The van der Waals surface area contributed by atoms with E-state index in [4.69, 9.17) is 11.6 Å². The standard InChI is InChI=1S/C14H18ClFO/c15-12-9-11(7-8-13(12)16)14(17)10-5-3-1-2-4-6-10/h7-10,14,17H,1-6H2/t14-/m1/s1. The smallest absolute Gasteiger partial charge is 0.141 e. The Balaban J connectivity index is 2.11. The summed E-state index contributed by atoms with van der Waals surface area (Å²) >= 11 is 5.74. The summed E-state index contributed by atoms with van der Waals surface area (Å²) in [6.45, 7) is 0. The van der Waals surface area contributed by atoms with Gasteiger partial charge in [0, 0.05) is 0 Å². The van der Waals surface area contributed by atoms with Crippen LogP contribution in [0.15, 0.2) is 18.2 Å². The number of hydrogen-bond acceptors (Lipinski definition) is 1. The number of aliphatic hydroxyl groups excluding tert-OH is 1. The first-order chi connectivity index (χ1) is 8.18. The Labute approximate surface area is 107 Å². The van der Waals surface area contributed by atoms with E-state index in [0.29, 0.717) is 5.92 Å². The highest BCUT2D eigenvalue weighted by Gasteiger charge is 2.22. The molecule has 1 aromatic carbocycles. The third kappa shape index (κ3) is 3.20. The monoisotopic (exact) mass is 256 g/mol. The van der Waals surface area contributed by atoms with Crippen LogP contribution in [-0.2, 0) is 0 Å². The van der Waals surface area contributed by atoms with Gasteiger partial charge in [0.15, 0.2) is 0 Å². The summed E-state index contributed by atoms with van der Waals surface area (Å²) < 4.78 is 13.1. The van der Waals surface area contributed by atoms with E-state index in [1.807, 2.05) is 0 Å². The van der Waals surface area contributed by atoms with Gasteiger partial charge < -0.3 is 5.11 Å². The maximum absolute atomic E-state index is 13.1. The van der Waals surface area contributed by atoms with Gasteiger partial charge in [0.05, 0.1) is 11.1 Å². The molecule has 0 aromatic heterocycles. The normalized spacial score (nSPS) is 19.9. The van der Waals surface area contributed by atoms with Crippen LogP contribution in [-0.4, -0.2) is 5.11 Å². The van der Waals surface area contributed by atoms with E-state index in [0.717, 1.165) is 18.4 Å². The Hall–Kier alpha value is -0.600. The molecular formula is C14H18ClFO. The van der Waals surface area contributed by atoms with Crippen LogP contribution in [0.3, 0.4) is 0 Å². The SMILES string of the molecule is O[C@@H](c1ccc(F)c(Cl)c1)C1CCCCCC1. The summed E-state index contributed by atoms with van der Waals surface area (Å²) in [5.41, 5.74) is 0.739. The van der Waals surface area contributed by atoms with Crippen molar-refractivity contribution in [2.75, 3.05) is 0 Å². The van der Waals surface area contributed by atoms with Gasteiger partial charge in [0.25, 0.3) is 0 Å². The number of hydrogen-bond donors (Lipinski definition) is 1. The van der Waals surface area contributed by atoms with Gasteiger partial charge in [-0.1, -0.05) is 43.4 Å². The fraction of sp³-hybridized carbons (Fsp3) is 0.571. The molecule has 2 rings (SSSR count). The van der Waals surface area contributed by atoms with Crippen molar-refractivity contribution in [3.63, 3.8) is 0 Å². The zero-order chi connectivity index (χ0) is 12.3. The van der Waals surface area contributed by atoms with Gasteiger partial charge in [0.2, 0.25) is 0 Å². The lowest BCUT2D eigenvalue weighted by Gasteiger charge is -2.21. The largest absolute Gasteiger partial charge is 0.388 e. The summed E-state index contributed by atoms with van der Waals surface area (Å²) in [6.07, 6.45) is 6.46. The third-order valence-electron chi connectivity index (χ3n) is 3.63. The quantitative estimate of drug-likeness (QED) is 0.774. The molecule has 1 fully saturated rings. The summed E-state index contributed by atoms with van der Waals surface area (Å²) in [5, 5.41) is 10.4. The van der Waals surface area contributed by atoms with E-state index < -0.39 is 11.9 Å². The van der Waals surface area contributed by atoms with E-state index in [9.17, 15) is 9.50 Å². The molecule has 0 radical (unpaired) electrons. The van der Waals surface area contributed by atoms with E-state index in [1.54, 1.807) is 12.1 Å². The zero-order valence-electron chi connectivity index (χ0n) is 9.83. The second-order valence-electron chi connectivity index (χ2n) is 4.87. The minimum Gasteiger partial charge on any atom is -0.388 e. The van der Waals surface area contributed by atoms with Crippen molar-refractivity contribution in [3.8, 4) is 0 Å². The van der Waals surface area contributed by atoms with E-state index >= 15 is 0 Å². The lowest BCUT2D eigenvalue weighted by Crippen LogP contribution is -2.12. The first-order valence-corrected chi connectivity index (χ1v) is 6.69. The maximum atomic E-state index is 13.1. The maximum Gasteiger partial charge on any atom is 0.141 e. The van der Waals surface area contributed by atoms with Crippen molar-refractivity contribution in [2.24, 2.45) is 5.92 Å². The lowest BCUT2D eigenvalue weighted by atomic mass is 9.89. The van der Waals surface area contributed by atoms with Crippen LogP contribution in [0.4, 0.5) is 4.39 Å². The van der Waals surface area contributed by atoms with Gasteiger partial charge in [-0.3, -0.25) is 0 Å². The molecule has 17 heavy (non-hydrogen) atoms. The molecule has 1 aromatic rings. The average Bonchev–Trinajstić information content (AvgIpc) is 2.60. The molecule has 1 saturated carbocycles. The molecule has 1 nitrogen and oxygen atoms in total. The highest BCUT2D eigenvalue weighted by atomic mass is 35.5.